The number of carbonyl (C=O) groups is 3. The lowest BCUT2D eigenvalue weighted by molar-refractivity contribution is -0.130. The summed E-state index contributed by atoms with van der Waals surface area (Å²) in [6.07, 6.45) is 0.273. The smallest absolute Gasteiger partial charge is 0.242 e. The van der Waals surface area contributed by atoms with E-state index in [2.05, 4.69) is 16.0 Å². The van der Waals surface area contributed by atoms with Gasteiger partial charge in [0.1, 0.15) is 12.1 Å². The number of methoxy groups -OCH3 is 2. The van der Waals surface area contributed by atoms with Crippen molar-refractivity contribution < 1.29 is 23.9 Å². The Kier molecular flexibility index (Phi) is 9.49. The first-order chi connectivity index (χ1) is 15.3. The monoisotopic (exact) mass is 442 g/mol. The second-order valence-electron chi connectivity index (χ2n) is 7.24. The average molecular weight is 443 g/mol. The van der Waals surface area contributed by atoms with Gasteiger partial charge in [0.25, 0.3) is 0 Å². The molecule has 3 amide bonds. The molecule has 9 heteroatoms. The highest BCUT2D eigenvalue weighted by Gasteiger charge is 2.22. The van der Waals surface area contributed by atoms with Crippen LogP contribution in [0.25, 0.3) is 0 Å². The predicted molar refractivity (Wildman–Crippen MR) is 120 cm³/mol. The Morgan fingerprint density at radius 2 is 1.62 bits per heavy atom. The van der Waals surface area contributed by atoms with E-state index in [0.717, 1.165) is 11.1 Å². The number of nitrogens with one attached hydrogen (secondary N) is 3. The number of ether oxygens (including phenoxy) is 2. The summed E-state index contributed by atoms with van der Waals surface area (Å²) in [5, 5.41) is 8.22. The van der Waals surface area contributed by atoms with E-state index in [1.165, 1.54) is 0 Å². The van der Waals surface area contributed by atoms with Gasteiger partial charge in [0.05, 0.1) is 20.8 Å². The van der Waals surface area contributed by atoms with E-state index in [1.54, 1.807) is 27.2 Å². The van der Waals surface area contributed by atoms with E-state index < -0.39 is 23.9 Å². The zero-order valence-corrected chi connectivity index (χ0v) is 18.5. The molecule has 5 N–H and O–H groups in total. The molecule has 0 fully saturated rings. The summed E-state index contributed by atoms with van der Waals surface area (Å²) in [6, 6.07) is 13.0. The maximum Gasteiger partial charge on any atom is 0.242 e. The van der Waals surface area contributed by atoms with E-state index in [4.69, 9.17) is 15.2 Å². The minimum absolute atomic E-state index is 0.00915. The van der Waals surface area contributed by atoms with Crippen molar-refractivity contribution >= 4 is 17.7 Å². The van der Waals surface area contributed by atoms with Crippen molar-refractivity contribution in [3.63, 3.8) is 0 Å². The average Bonchev–Trinajstić information content (AvgIpc) is 2.78. The predicted octanol–water partition coefficient (Wildman–Crippen LogP) is 0.511. The van der Waals surface area contributed by atoms with Gasteiger partial charge >= 0.3 is 0 Å². The Hall–Kier alpha value is -3.59. The Balaban J connectivity index is 1.80. The van der Waals surface area contributed by atoms with Crippen LogP contribution in [0.1, 0.15) is 18.1 Å². The summed E-state index contributed by atoms with van der Waals surface area (Å²) in [4.78, 5) is 36.4. The summed E-state index contributed by atoms with van der Waals surface area (Å²) in [5.41, 5.74) is 7.20. The van der Waals surface area contributed by atoms with Gasteiger partial charge in [0, 0.05) is 13.0 Å². The van der Waals surface area contributed by atoms with Gasteiger partial charge in [-0.1, -0.05) is 36.4 Å². The van der Waals surface area contributed by atoms with Crippen molar-refractivity contribution in [2.75, 3.05) is 20.8 Å². The van der Waals surface area contributed by atoms with Crippen molar-refractivity contribution in [1.82, 2.24) is 16.0 Å². The second-order valence-corrected chi connectivity index (χ2v) is 7.24. The number of nitrogens with two attached hydrogens (primary N) is 1. The van der Waals surface area contributed by atoms with Crippen LogP contribution in [0.3, 0.4) is 0 Å². The SMILES string of the molecule is COc1ccc(CNCC(=O)N[C@@H](C)C(=O)N[C@@H](Cc2ccccc2)C(N)=O)cc1OC. The normalized spacial score (nSPS) is 12.3. The number of carbonyl (C=O) groups excluding carboxylic acids is 3. The highest BCUT2D eigenvalue weighted by atomic mass is 16.5. The van der Waals surface area contributed by atoms with Gasteiger partial charge in [-0.3, -0.25) is 14.4 Å². The lowest BCUT2D eigenvalue weighted by atomic mass is 10.1. The Morgan fingerprint density at radius 3 is 2.25 bits per heavy atom. The molecule has 9 nitrogen and oxygen atoms in total. The molecule has 0 aliphatic rings. The largest absolute Gasteiger partial charge is 0.493 e. The highest BCUT2D eigenvalue weighted by molar-refractivity contribution is 5.91. The fourth-order valence-electron chi connectivity index (χ4n) is 3.04. The van der Waals surface area contributed by atoms with Crippen molar-refractivity contribution in [3.8, 4) is 11.5 Å². The van der Waals surface area contributed by atoms with Gasteiger partial charge in [-0.15, -0.1) is 0 Å². The van der Waals surface area contributed by atoms with Crippen molar-refractivity contribution in [3.05, 3.63) is 59.7 Å². The molecule has 32 heavy (non-hydrogen) atoms. The molecule has 0 radical (unpaired) electrons. The quantitative estimate of drug-likeness (QED) is 0.379. The van der Waals surface area contributed by atoms with Crippen LogP contribution in [0.5, 0.6) is 11.5 Å². The molecule has 0 bridgehead atoms. The Labute approximate surface area is 187 Å². The van der Waals surface area contributed by atoms with Gasteiger partial charge in [0.15, 0.2) is 11.5 Å². The number of benzene rings is 2. The van der Waals surface area contributed by atoms with Crippen LogP contribution < -0.4 is 31.2 Å². The fourth-order valence-corrected chi connectivity index (χ4v) is 3.04. The first-order valence-corrected chi connectivity index (χ1v) is 10.2. The number of rotatable bonds is 12. The molecular weight excluding hydrogens is 412 g/mol. The lowest BCUT2D eigenvalue weighted by Crippen LogP contribution is -2.53. The van der Waals surface area contributed by atoms with Crippen molar-refractivity contribution in [2.24, 2.45) is 5.73 Å². The molecule has 0 unspecified atom stereocenters. The summed E-state index contributed by atoms with van der Waals surface area (Å²) >= 11 is 0. The second kappa shape index (κ2) is 12.3. The first kappa shape index (κ1) is 24.7. The molecule has 2 aromatic rings. The minimum Gasteiger partial charge on any atom is -0.493 e. The van der Waals surface area contributed by atoms with E-state index in [-0.39, 0.29) is 18.9 Å². The fraction of sp³-hybridized carbons (Fsp3) is 0.348. The van der Waals surface area contributed by atoms with Crippen molar-refractivity contribution in [2.45, 2.75) is 32.0 Å². The van der Waals surface area contributed by atoms with E-state index >= 15 is 0 Å². The van der Waals surface area contributed by atoms with Crippen molar-refractivity contribution in [1.29, 1.82) is 0 Å². The lowest BCUT2D eigenvalue weighted by Gasteiger charge is -2.19. The molecule has 0 aromatic heterocycles. The highest BCUT2D eigenvalue weighted by Crippen LogP contribution is 2.27. The van der Waals surface area contributed by atoms with Crippen LogP contribution in [0, 0.1) is 0 Å². The maximum absolute atomic E-state index is 12.4. The third-order valence-electron chi connectivity index (χ3n) is 4.78. The molecule has 2 aromatic carbocycles. The number of primary amides is 1. The maximum atomic E-state index is 12.4. The van der Waals surface area contributed by atoms with Gasteiger partial charge in [-0.2, -0.15) is 0 Å². The molecule has 2 rings (SSSR count). The zero-order chi connectivity index (χ0) is 23.5. The molecule has 2 atom stereocenters. The Bertz CT molecular complexity index is 920. The number of hydrogen-bond acceptors (Lipinski definition) is 6. The van der Waals surface area contributed by atoms with Crippen LogP contribution in [0.4, 0.5) is 0 Å². The van der Waals surface area contributed by atoms with Crippen LogP contribution >= 0.6 is 0 Å². The van der Waals surface area contributed by atoms with Crippen LogP contribution in [-0.4, -0.2) is 50.6 Å². The zero-order valence-electron chi connectivity index (χ0n) is 18.5. The third kappa shape index (κ3) is 7.59. The minimum atomic E-state index is -0.868. The Morgan fingerprint density at radius 1 is 0.938 bits per heavy atom. The number of amides is 3. The van der Waals surface area contributed by atoms with E-state index in [1.807, 2.05) is 42.5 Å². The van der Waals surface area contributed by atoms with E-state index in [9.17, 15) is 14.4 Å². The topological polar surface area (TPSA) is 132 Å². The summed E-state index contributed by atoms with van der Waals surface area (Å²) in [5.74, 6) is -0.265. The van der Waals surface area contributed by atoms with Gasteiger partial charge < -0.3 is 31.2 Å². The molecule has 0 spiro atoms. The molecule has 0 aliphatic carbocycles. The van der Waals surface area contributed by atoms with Gasteiger partial charge in [-0.05, 0) is 30.2 Å². The van der Waals surface area contributed by atoms with Gasteiger partial charge in [0.2, 0.25) is 17.7 Å². The van der Waals surface area contributed by atoms with Gasteiger partial charge in [-0.25, -0.2) is 0 Å². The third-order valence-corrected chi connectivity index (χ3v) is 4.78. The first-order valence-electron chi connectivity index (χ1n) is 10.2. The molecule has 0 aliphatic heterocycles. The molecule has 172 valence electrons. The molecule has 0 saturated heterocycles. The standard InChI is InChI=1S/C23H30N4O5/c1-15(23(30)27-18(22(24)29)11-16-7-5-4-6-8-16)26-21(28)14-25-13-17-9-10-19(31-2)20(12-17)32-3/h4-10,12,15,18,25H,11,13-14H2,1-3H3,(H2,24,29)(H,26,28)(H,27,30)/t15-,18-/m0/s1. The molecule has 0 heterocycles. The van der Waals surface area contributed by atoms with E-state index in [0.29, 0.717) is 18.0 Å². The van der Waals surface area contributed by atoms with Crippen LogP contribution in [0.15, 0.2) is 48.5 Å². The van der Waals surface area contributed by atoms with Crippen LogP contribution in [0.2, 0.25) is 0 Å². The summed E-state index contributed by atoms with van der Waals surface area (Å²) in [7, 11) is 3.11. The van der Waals surface area contributed by atoms with Crippen LogP contribution in [-0.2, 0) is 27.3 Å². The molecule has 0 saturated carbocycles. The summed E-state index contributed by atoms with van der Waals surface area (Å²) in [6.45, 7) is 1.98. The summed E-state index contributed by atoms with van der Waals surface area (Å²) < 4.78 is 10.5. The molecular formula is C23H30N4O5. The number of hydrogen-bond donors (Lipinski definition) is 4.